The average Bonchev–Trinajstić information content (AvgIpc) is 2.67. The van der Waals surface area contributed by atoms with E-state index >= 15 is 0 Å². The molecular formula is C20H34O11. The van der Waals surface area contributed by atoms with E-state index in [0.717, 1.165) is 0 Å². The van der Waals surface area contributed by atoms with Crippen LogP contribution in [0.4, 0.5) is 0 Å². The van der Waals surface area contributed by atoms with Crippen LogP contribution in [0.2, 0.25) is 0 Å². The van der Waals surface area contributed by atoms with E-state index in [4.69, 9.17) is 0 Å². The summed E-state index contributed by atoms with van der Waals surface area (Å²) in [5.41, 5.74) is -2.26. The molecule has 11 heteroatoms. The standard InChI is InChI=1S/C12H20O7.C8H14O4/c1-4-17-9(13)7-12(16,11(15)19-6-3)8-10(14)18-5-2;1-3-11-7(9)5-6-8(10)12-4-2/h16H,4-8H2,1-3H3;3-6H2,1-2H3. The first-order valence-corrected chi connectivity index (χ1v) is 10.1. The number of hydrogen-bond donors (Lipinski definition) is 1. The molecule has 0 radical (unpaired) electrons. The van der Waals surface area contributed by atoms with E-state index < -0.39 is 36.4 Å². The Morgan fingerprint density at radius 3 is 1.13 bits per heavy atom. The number of ether oxygens (including phenoxy) is 5. The van der Waals surface area contributed by atoms with E-state index in [9.17, 15) is 29.1 Å². The van der Waals surface area contributed by atoms with Gasteiger partial charge in [0.1, 0.15) is 0 Å². The summed E-state index contributed by atoms with van der Waals surface area (Å²) in [6.45, 7) is 9.11. The fourth-order valence-electron chi connectivity index (χ4n) is 2.04. The monoisotopic (exact) mass is 450 g/mol. The van der Waals surface area contributed by atoms with Crippen molar-refractivity contribution in [2.75, 3.05) is 33.0 Å². The Hall–Kier alpha value is -2.69. The van der Waals surface area contributed by atoms with Gasteiger partial charge in [-0.1, -0.05) is 0 Å². The van der Waals surface area contributed by atoms with E-state index in [1.54, 1.807) is 34.6 Å². The highest BCUT2D eigenvalue weighted by Gasteiger charge is 2.43. The second-order valence-electron chi connectivity index (χ2n) is 5.83. The van der Waals surface area contributed by atoms with Gasteiger partial charge in [0, 0.05) is 0 Å². The second kappa shape index (κ2) is 18.1. The molecule has 0 saturated heterocycles. The number of rotatable bonds is 13. The van der Waals surface area contributed by atoms with Crippen LogP contribution in [0.5, 0.6) is 0 Å². The van der Waals surface area contributed by atoms with Crippen molar-refractivity contribution in [2.45, 2.75) is 65.9 Å². The van der Waals surface area contributed by atoms with Gasteiger partial charge >= 0.3 is 29.8 Å². The second-order valence-corrected chi connectivity index (χ2v) is 5.83. The lowest BCUT2D eigenvalue weighted by Crippen LogP contribution is -2.44. The fraction of sp³-hybridized carbons (Fsp3) is 0.750. The minimum atomic E-state index is -2.26. The van der Waals surface area contributed by atoms with Gasteiger partial charge in [0.05, 0.1) is 58.7 Å². The molecule has 0 atom stereocenters. The third-order valence-corrected chi connectivity index (χ3v) is 3.28. The fourth-order valence-corrected chi connectivity index (χ4v) is 2.04. The van der Waals surface area contributed by atoms with Gasteiger partial charge in [-0.2, -0.15) is 0 Å². The molecule has 0 saturated carbocycles. The zero-order valence-electron chi connectivity index (χ0n) is 18.9. The molecular weight excluding hydrogens is 416 g/mol. The molecule has 0 aliphatic rings. The van der Waals surface area contributed by atoms with E-state index in [2.05, 4.69) is 23.7 Å². The van der Waals surface area contributed by atoms with Crippen LogP contribution in [-0.2, 0) is 47.7 Å². The molecule has 0 rings (SSSR count). The van der Waals surface area contributed by atoms with Crippen molar-refractivity contribution in [1.29, 1.82) is 0 Å². The van der Waals surface area contributed by atoms with Crippen molar-refractivity contribution in [3.05, 3.63) is 0 Å². The molecule has 0 amide bonds. The number of hydrogen-bond acceptors (Lipinski definition) is 11. The number of carbonyl (C=O) groups is 5. The summed E-state index contributed by atoms with van der Waals surface area (Å²) < 4.78 is 23.2. The van der Waals surface area contributed by atoms with Crippen molar-refractivity contribution in [3.8, 4) is 0 Å². The van der Waals surface area contributed by atoms with Gasteiger partial charge in [-0.05, 0) is 34.6 Å². The van der Waals surface area contributed by atoms with Crippen molar-refractivity contribution in [3.63, 3.8) is 0 Å². The SMILES string of the molecule is CCOC(=O)CC(O)(CC(=O)OCC)C(=O)OCC.CCOC(=O)CCC(=O)OCC. The molecule has 11 nitrogen and oxygen atoms in total. The molecule has 0 aliphatic heterocycles. The smallest absolute Gasteiger partial charge is 0.339 e. The summed E-state index contributed by atoms with van der Waals surface area (Å²) in [5, 5.41) is 10.1. The van der Waals surface area contributed by atoms with Gasteiger partial charge in [0.15, 0.2) is 5.60 Å². The molecule has 0 aromatic carbocycles. The molecule has 0 bridgehead atoms. The third-order valence-electron chi connectivity index (χ3n) is 3.28. The van der Waals surface area contributed by atoms with Crippen molar-refractivity contribution < 1.29 is 52.8 Å². The first-order valence-electron chi connectivity index (χ1n) is 10.1. The maximum atomic E-state index is 11.7. The lowest BCUT2D eigenvalue weighted by Gasteiger charge is -2.23. The van der Waals surface area contributed by atoms with Crippen molar-refractivity contribution >= 4 is 29.8 Å². The normalized spacial score (nSPS) is 10.1. The van der Waals surface area contributed by atoms with Gasteiger partial charge in [-0.3, -0.25) is 19.2 Å². The highest BCUT2D eigenvalue weighted by molar-refractivity contribution is 5.90. The molecule has 1 N–H and O–H groups in total. The summed E-state index contributed by atoms with van der Waals surface area (Å²) in [5.74, 6) is -3.34. The Kier molecular flexibility index (Phi) is 17.8. The summed E-state index contributed by atoms with van der Waals surface area (Å²) in [6, 6.07) is 0. The molecule has 0 aromatic heterocycles. The van der Waals surface area contributed by atoms with Crippen LogP contribution in [0.3, 0.4) is 0 Å². The van der Waals surface area contributed by atoms with Crippen molar-refractivity contribution in [1.82, 2.24) is 0 Å². The Morgan fingerprint density at radius 1 is 0.548 bits per heavy atom. The molecule has 31 heavy (non-hydrogen) atoms. The Morgan fingerprint density at radius 2 is 0.839 bits per heavy atom. The van der Waals surface area contributed by atoms with Crippen LogP contribution in [0.25, 0.3) is 0 Å². The molecule has 180 valence electrons. The highest BCUT2D eigenvalue weighted by Crippen LogP contribution is 2.19. The molecule has 0 heterocycles. The minimum absolute atomic E-state index is 0.0206. The lowest BCUT2D eigenvalue weighted by atomic mass is 9.95. The van der Waals surface area contributed by atoms with Crippen LogP contribution in [0, 0.1) is 0 Å². The quantitative estimate of drug-likeness (QED) is 0.317. The summed E-state index contributed by atoms with van der Waals surface area (Å²) in [4.78, 5) is 55.8. The van der Waals surface area contributed by atoms with Gasteiger partial charge in [0.25, 0.3) is 0 Å². The van der Waals surface area contributed by atoms with E-state index in [0.29, 0.717) is 13.2 Å². The number of carbonyl (C=O) groups excluding carboxylic acids is 5. The van der Waals surface area contributed by atoms with E-state index in [-0.39, 0.29) is 44.6 Å². The molecule has 0 aromatic rings. The Balaban J connectivity index is 0. The van der Waals surface area contributed by atoms with Crippen LogP contribution in [0.15, 0.2) is 0 Å². The Labute approximate surface area is 182 Å². The zero-order valence-corrected chi connectivity index (χ0v) is 18.9. The maximum absolute atomic E-state index is 11.7. The molecule has 0 unspecified atom stereocenters. The highest BCUT2D eigenvalue weighted by atomic mass is 16.6. The first kappa shape index (κ1) is 30.5. The predicted molar refractivity (Wildman–Crippen MR) is 107 cm³/mol. The minimum Gasteiger partial charge on any atom is -0.466 e. The molecule has 0 fully saturated rings. The van der Waals surface area contributed by atoms with Gasteiger partial charge < -0.3 is 28.8 Å². The Bertz CT molecular complexity index is 533. The van der Waals surface area contributed by atoms with Crippen LogP contribution in [0.1, 0.15) is 60.3 Å². The molecule has 0 spiro atoms. The average molecular weight is 450 g/mol. The van der Waals surface area contributed by atoms with E-state index in [1.165, 1.54) is 0 Å². The summed E-state index contributed by atoms with van der Waals surface area (Å²) in [6.07, 6.45) is -1.10. The largest absolute Gasteiger partial charge is 0.466 e. The maximum Gasteiger partial charge on any atom is 0.339 e. The van der Waals surface area contributed by atoms with Crippen LogP contribution < -0.4 is 0 Å². The topological polar surface area (TPSA) is 152 Å². The zero-order chi connectivity index (χ0) is 24.3. The van der Waals surface area contributed by atoms with Gasteiger partial charge in [-0.25, -0.2) is 4.79 Å². The van der Waals surface area contributed by atoms with Gasteiger partial charge in [-0.15, -0.1) is 0 Å². The third kappa shape index (κ3) is 15.8. The van der Waals surface area contributed by atoms with Crippen LogP contribution >= 0.6 is 0 Å². The van der Waals surface area contributed by atoms with Crippen molar-refractivity contribution in [2.24, 2.45) is 0 Å². The number of esters is 5. The number of aliphatic hydroxyl groups is 1. The molecule has 0 aliphatic carbocycles. The predicted octanol–water partition coefficient (Wildman–Crippen LogP) is 1.08. The lowest BCUT2D eigenvalue weighted by molar-refractivity contribution is -0.177. The van der Waals surface area contributed by atoms with Gasteiger partial charge in [0.2, 0.25) is 0 Å². The summed E-state index contributed by atoms with van der Waals surface area (Å²) >= 11 is 0. The van der Waals surface area contributed by atoms with E-state index in [1.807, 2.05) is 0 Å². The first-order chi connectivity index (χ1) is 14.6. The summed E-state index contributed by atoms with van der Waals surface area (Å²) in [7, 11) is 0. The van der Waals surface area contributed by atoms with Crippen LogP contribution in [-0.4, -0.2) is 73.6 Å².